The first-order chi connectivity index (χ1) is 11.0. The zero-order valence-corrected chi connectivity index (χ0v) is 14.5. The van der Waals surface area contributed by atoms with E-state index < -0.39 is 10.0 Å². The molecule has 0 amide bonds. The second-order valence-corrected chi connectivity index (χ2v) is 8.10. The molecule has 6 nitrogen and oxygen atoms in total. The summed E-state index contributed by atoms with van der Waals surface area (Å²) >= 11 is 5.84. The molecule has 0 aliphatic carbocycles. The number of halogens is 1. The number of hydrogen-bond acceptors (Lipinski definition) is 4. The molecular formula is C15H19ClN4O2S. The zero-order chi connectivity index (χ0) is 16.4. The molecule has 0 saturated carbocycles. The average Bonchev–Trinajstić information content (AvgIpc) is 3.17. The summed E-state index contributed by atoms with van der Waals surface area (Å²) in [6.45, 7) is 3.02. The van der Waals surface area contributed by atoms with E-state index in [1.807, 2.05) is 11.5 Å². The number of aromatic nitrogens is 3. The van der Waals surface area contributed by atoms with Crippen LogP contribution in [0.3, 0.4) is 0 Å². The molecular weight excluding hydrogens is 336 g/mol. The molecule has 0 bridgehead atoms. The highest BCUT2D eigenvalue weighted by Gasteiger charge is 2.33. The van der Waals surface area contributed by atoms with Gasteiger partial charge in [-0.25, -0.2) is 8.42 Å². The minimum atomic E-state index is -3.33. The van der Waals surface area contributed by atoms with Crippen LogP contribution >= 0.6 is 11.6 Å². The largest absolute Gasteiger partial charge is 0.313 e. The van der Waals surface area contributed by atoms with E-state index >= 15 is 0 Å². The van der Waals surface area contributed by atoms with E-state index in [1.165, 1.54) is 0 Å². The van der Waals surface area contributed by atoms with Gasteiger partial charge in [0.25, 0.3) is 0 Å². The van der Waals surface area contributed by atoms with Crippen molar-refractivity contribution in [3.63, 3.8) is 0 Å². The maximum Gasteiger partial charge on any atom is 0.218 e. The van der Waals surface area contributed by atoms with Crippen molar-refractivity contribution in [3.8, 4) is 0 Å². The molecule has 1 aromatic heterocycles. The fraction of sp³-hybridized carbons (Fsp3) is 0.467. The van der Waals surface area contributed by atoms with Gasteiger partial charge in [0.2, 0.25) is 10.0 Å². The van der Waals surface area contributed by atoms with Crippen LogP contribution in [0, 0.1) is 0 Å². The fourth-order valence-corrected chi connectivity index (χ4v) is 4.60. The molecule has 2 aromatic rings. The van der Waals surface area contributed by atoms with Gasteiger partial charge < -0.3 is 4.57 Å². The van der Waals surface area contributed by atoms with Gasteiger partial charge >= 0.3 is 0 Å². The van der Waals surface area contributed by atoms with E-state index in [4.69, 9.17) is 11.6 Å². The summed E-state index contributed by atoms with van der Waals surface area (Å²) in [4.78, 5) is 0. The van der Waals surface area contributed by atoms with Crippen LogP contribution in [-0.2, 0) is 22.2 Å². The molecule has 0 N–H and O–H groups in total. The minimum absolute atomic E-state index is 0.000295. The summed E-state index contributed by atoms with van der Waals surface area (Å²) in [5.41, 5.74) is 0.747. The smallest absolute Gasteiger partial charge is 0.218 e. The van der Waals surface area contributed by atoms with Crippen LogP contribution in [0.1, 0.15) is 30.8 Å². The van der Waals surface area contributed by atoms with Gasteiger partial charge in [0, 0.05) is 24.5 Å². The average molecular weight is 355 g/mol. The lowest BCUT2D eigenvalue weighted by Crippen LogP contribution is -2.30. The highest BCUT2D eigenvalue weighted by molar-refractivity contribution is 7.88. The Balaban J connectivity index is 1.71. The Kier molecular flexibility index (Phi) is 4.70. The lowest BCUT2D eigenvalue weighted by Gasteiger charge is -2.17. The van der Waals surface area contributed by atoms with Crippen molar-refractivity contribution in [1.82, 2.24) is 19.1 Å². The maximum absolute atomic E-state index is 12.6. The predicted octanol–water partition coefficient (Wildman–Crippen LogP) is 2.27. The van der Waals surface area contributed by atoms with Gasteiger partial charge in [0.1, 0.15) is 12.2 Å². The van der Waals surface area contributed by atoms with E-state index in [2.05, 4.69) is 10.2 Å². The van der Waals surface area contributed by atoms with Crippen molar-refractivity contribution < 1.29 is 8.42 Å². The summed E-state index contributed by atoms with van der Waals surface area (Å²) < 4.78 is 28.8. The molecule has 23 heavy (non-hydrogen) atoms. The lowest BCUT2D eigenvalue weighted by atomic mass is 10.2. The molecule has 1 aliphatic heterocycles. The summed E-state index contributed by atoms with van der Waals surface area (Å²) in [5.74, 6) is 0.895. The van der Waals surface area contributed by atoms with E-state index in [9.17, 15) is 8.42 Å². The number of nitrogens with zero attached hydrogens (tertiary/aromatic N) is 4. The van der Waals surface area contributed by atoms with Crippen molar-refractivity contribution in [1.29, 1.82) is 0 Å². The minimum Gasteiger partial charge on any atom is -0.313 e. The molecule has 8 heteroatoms. The third-order valence-corrected chi connectivity index (χ3v) is 6.21. The summed E-state index contributed by atoms with van der Waals surface area (Å²) in [6.07, 6.45) is 3.26. The van der Waals surface area contributed by atoms with Crippen LogP contribution in [0.5, 0.6) is 0 Å². The second-order valence-electron chi connectivity index (χ2n) is 5.69. The molecule has 1 unspecified atom stereocenters. The number of aryl methyl sites for hydroxylation is 1. The van der Waals surface area contributed by atoms with Crippen LogP contribution in [0.2, 0.25) is 5.02 Å². The van der Waals surface area contributed by atoms with Crippen molar-refractivity contribution >= 4 is 21.6 Å². The van der Waals surface area contributed by atoms with Gasteiger partial charge in [-0.1, -0.05) is 30.7 Å². The number of rotatable bonds is 5. The van der Waals surface area contributed by atoms with Gasteiger partial charge in [-0.15, -0.1) is 10.2 Å². The van der Waals surface area contributed by atoms with E-state index in [0.29, 0.717) is 18.1 Å². The highest BCUT2D eigenvalue weighted by Crippen LogP contribution is 2.26. The highest BCUT2D eigenvalue weighted by atomic mass is 35.5. The van der Waals surface area contributed by atoms with Gasteiger partial charge in [-0.2, -0.15) is 4.31 Å². The third-order valence-electron chi connectivity index (χ3n) is 4.14. The van der Waals surface area contributed by atoms with E-state index in [-0.39, 0.29) is 11.8 Å². The lowest BCUT2D eigenvalue weighted by molar-refractivity contribution is 0.446. The molecule has 1 aliphatic rings. The Bertz CT molecular complexity index is 773. The molecule has 1 saturated heterocycles. The van der Waals surface area contributed by atoms with Gasteiger partial charge in [-0.3, -0.25) is 0 Å². The van der Waals surface area contributed by atoms with Crippen molar-refractivity contribution in [3.05, 3.63) is 47.0 Å². The quantitative estimate of drug-likeness (QED) is 0.826. The van der Waals surface area contributed by atoms with Gasteiger partial charge in [-0.05, 0) is 24.1 Å². The number of benzene rings is 1. The summed E-state index contributed by atoms with van der Waals surface area (Å²) in [7, 11) is -3.33. The first kappa shape index (κ1) is 16.4. The van der Waals surface area contributed by atoms with Gasteiger partial charge in [0.05, 0.1) is 11.8 Å². The first-order valence-corrected chi connectivity index (χ1v) is 9.59. The predicted molar refractivity (Wildman–Crippen MR) is 88.7 cm³/mol. The molecule has 1 fully saturated rings. The molecule has 124 valence electrons. The Labute approximate surface area is 141 Å². The van der Waals surface area contributed by atoms with Crippen LogP contribution in [-0.4, -0.2) is 40.6 Å². The van der Waals surface area contributed by atoms with Gasteiger partial charge in [0.15, 0.2) is 0 Å². The van der Waals surface area contributed by atoms with E-state index in [0.717, 1.165) is 24.2 Å². The molecule has 3 rings (SSSR count). The van der Waals surface area contributed by atoms with Crippen LogP contribution in [0.25, 0.3) is 0 Å². The Morgan fingerprint density at radius 3 is 2.74 bits per heavy atom. The van der Waals surface area contributed by atoms with Crippen LogP contribution < -0.4 is 0 Å². The third kappa shape index (κ3) is 3.57. The van der Waals surface area contributed by atoms with Crippen molar-refractivity contribution in [2.24, 2.45) is 0 Å². The molecule has 1 aromatic carbocycles. The molecule has 0 radical (unpaired) electrons. The number of hydrogen-bond donors (Lipinski definition) is 0. The molecule has 1 atom stereocenters. The first-order valence-electron chi connectivity index (χ1n) is 7.60. The number of sulfonamides is 1. The van der Waals surface area contributed by atoms with Crippen LogP contribution in [0.4, 0.5) is 0 Å². The SMILES string of the molecule is CCc1nncn1C1CCN(S(=O)(=O)Cc2ccc(Cl)cc2)C1. The molecule has 0 spiro atoms. The monoisotopic (exact) mass is 354 g/mol. The second kappa shape index (κ2) is 6.59. The van der Waals surface area contributed by atoms with Crippen molar-refractivity contribution in [2.45, 2.75) is 31.6 Å². The maximum atomic E-state index is 12.6. The Hall–Kier alpha value is -1.44. The summed E-state index contributed by atoms with van der Waals surface area (Å²) in [5, 5.41) is 8.61. The zero-order valence-electron chi connectivity index (χ0n) is 12.9. The van der Waals surface area contributed by atoms with E-state index in [1.54, 1.807) is 34.9 Å². The standard InChI is InChI=1S/C15H19ClN4O2S/c1-2-15-18-17-11-20(15)14-7-8-19(9-14)23(21,22)10-12-3-5-13(16)6-4-12/h3-6,11,14H,2,7-10H2,1H3. The topological polar surface area (TPSA) is 68.1 Å². The Morgan fingerprint density at radius 2 is 2.04 bits per heavy atom. The molecule has 2 heterocycles. The summed E-state index contributed by atoms with van der Waals surface area (Å²) in [6, 6.07) is 7.04. The Morgan fingerprint density at radius 1 is 1.30 bits per heavy atom. The van der Waals surface area contributed by atoms with Crippen LogP contribution in [0.15, 0.2) is 30.6 Å². The normalized spacial score (nSPS) is 19.3. The van der Waals surface area contributed by atoms with Crippen molar-refractivity contribution in [2.75, 3.05) is 13.1 Å². The fourth-order valence-electron chi connectivity index (χ4n) is 2.90.